The van der Waals surface area contributed by atoms with Gasteiger partial charge in [0.1, 0.15) is 0 Å². The van der Waals surface area contributed by atoms with Gasteiger partial charge >= 0.3 is 0 Å². The van der Waals surface area contributed by atoms with E-state index in [1.54, 1.807) is 16.4 Å². The van der Waals surface area contributed by atoms with Gasteiger partial charge < -0.3 is 4.74 Å². The topological polar surface area (TPSA) is 47.6 Å². The Bertz CT molecular complexity index is 1080. The Kier molecular flexibility index (Phi) is 7.34. The van der Waals surface area contributed by atoms with Gasteiger partial charge in [0.05, 0.1) is 26.1 Å². The first-order valence-corrected chi connectivity index (χ1v) is 12.0. The number of aromatic nitrogens is 3. The molecule has 6 nitrogen and oxygen atoms in total. The van der Waals surface area contributed by atoms with E-state index in [0.717, 1.165) is 37.7 Å². The van der Waals surface area contributed by atoms with E-state index in [-0.39, 0.29) is 0 Å². The van der Waals surface area contributed by atoms with Crippen molar-refractivity contribution in [2.24, 2.45) is 5.10 Å². The second kappa shape index (κ2) is 10.4. The summed E-state index contributed by atoms with van der Waals surface area (Å²) in [5.74, 6) is 0.832. The zero-order valence-corrected chi connectivity index (χ0v) is 19.5. The Morgan fingerprint density at radius 1 is 1.10 bits per heavy atom. The number of rotatable bonds is 7. The molecular formula is C23H27N5OS2. The quantitative estimate of drug-likeness (QED) is 0.305. The smallest absolute Gasteiger partial charge is 0.220 e. The zero-order chi connectivity index (χ0) is 21.6. The van der Waals surface area contributed by atoms with E-state index in [9.17, 15) is 0 Å². The molecule has 1 fully saturated rings. The lowest BCUT2D eigenvalue weighted by molar-refractivity contribution is 0.0209. The van der Waals surface area contributed by atoms with Gasteiger partial charge in [-0.1, -0.05) is 42.0 Å². The Morgan fingerprint density at radius 2 is 1.81 bits per heavy atom. The number of ether oxygens (including phenoxy) is 1. The van der Waals surface area contributed by atoms with E-state index in [4.69, 9.17) is 27.2 Å². The first kappa shape index (κ1) is 22.0. The Morgan fingerprint density at radius 3 is 2.48 bits per heavy atom. The van der Waals surface area contributed by atoms with Crippen LogP contribution in [-0.2, 0) is 17.8 Å². The van der Waals surface area contributed by atoms with Gasteiger partial charge in [0.2, 0.25) is 4.77 Å². The molecular weight excluding hydrogens is 426 g/mol. The molecule has 1 aliphatic rings. The van der Waals surface area contributed by atoms with E-state index in [0.29, 0.717) is 17.9 Å². The minimum absolute atomic E-state index is 0.602. The van der Waals surface area contributed by atoms with Crippen LogP contribution in [0.3, 0.4) is 0 Å². The van der Waals surface area contributed by atoms with Gasteiger partial charge in [0.15, 0.2) is 5.82 Å². The summed E-state index contributed by atoms with van der Waals surface area (Å²) in [6.07, 6.45) is 4.59. The average molecular weight is 454 g/mol. The monoisotopic (exact) mass is 453 g/mol. The Hall–Kier alpha value is -2.26. The van der Waals surface area contributed by atoms with Gasteiger partial charge in [0.25, 0.3) is 0 Å². The predicted molar refractivity (Wildman–Crippen MR) is 129 cm³/mol. The minimum atomic E-state index is 0.602. The van der Waals surface area contributed by atoms with Crippen LogP contribution in [-0.4, -0.2) is 58.1 Å². The minimum Gasteiger partial charge on any atom is -0.379 e. The number of hydrogen-bond donors (Lipinski definition) is 0. The van der Waals surface area contributed by atoms with Crippen molar-refractivity contribution >= 4 is 30.2 Å². The maximum atomic E-state index is 5.76. The van der Waals surface area contributed by atoms with Crippen LogP contribution < -0.4 is 0 Å². The van der Waals surface area contributed by atoms with Crippen LogP contribution in [0, 0.1) is 11.7 Å². The highest BCUT2D eigenvalue weighted by molar-refractivity contribution is 7.98. The molecule has 1 saturated heterocycles. The molecule has 1 aromatic heterocycles. The summed E-state index contributed by atoms with van der Waals surface area (Å²) >= 11 is 7.50. The van der Waals surface area contributed by atoms with Crippen LogP contribution in [0.1, 0.15) is 22.5 Å². The van der Waals surface area contributed by atoms with Crippen molar-refractivity contribution < 1.29 is 4.74 Å². The molecule has 2 heterocycles. The molecule has 0 saturated carbocycles. The van der Waals surface area contributed by atoms with Crippen molar-refractivity contribution in [3.63, 3.8) is 0 Å². The SMILES string of the molecule is CSc1ccc(Cc2nn(CN3CCOCC3)c(=S)n2/N=C/c2ccc(C)cc2)cc1. The molecule has 1 aliphatic heterocycles. The van der Waals surface area contributed by atoms with E-state index in [1.807, 2.05) is 10.9 Å². The summed E-state index contributed by atoms with van der Waals surface area (Å²) in [6, 6.07) is 16.8. The van der Waals surface area contributed by atoms with Crippen LogP contribution in [0.2, 0.25) is 0 Å². The first-order chi connectivity index (χ1) is 15.1. The van der Waals surface area contributed by atoms with E-state index >= 15 is 0 Å². The van der Waals surface area contributed by atoms with Crippen LogP contribution >= 0.6 is 24.0 Å². The van der Waals surface area contributed by atoms with Crippen molar-refractivity contribution in [2.45, 2.75) is 24.9 Å². The van der Waals surface area contributed by atoms with E-state index in [1.165, 1.54) is 16.0 Å². The molecule has 2 aromatic carbocycles. The number of hydrogen-bond acceptors (Lipinski definition) is 6. The largest absolute Gasteiger partial charge is 0.379 e. The number of aryl methyl sites for hydroxylation is 1. The molecule has 0 spiro atoms. The molecule has 0 radical (unpaired) electrons. The molecule has 0 unspecified atom stereocenters. The summed E-state index contributed by atoms with van der Waals surface area (Å²) in [7, 11) is 0. The third-order valence-electron chi connectivity index (χ3n) is 5.24. The van der Waals surface area contributed by atoms with Crippen LogP contribution in [0.15, 0.2) is 58.5 Å². The first-order valence-electron chi connectivity index (χ1n) is 10.3. The summed E-state index contributed by atoms with van der Waals surface area (Å²) in [4.78, 5) is 3.55. The highest BCUT2D eigenvalue weighted by Crippen LogP contribution is 2.17. The number of nitrogens with zero attached hydrogens (tertiary/aromatic N) is 5. The lowest BCUT2D eigenvalue weighted by Gasteiger charge is -2.25. The van der Waals surface area contributed by atoms with Crippen LogP contribution in [0.25, 0.3) is 0 Å². The third kappa shape index (κ3) is 5.71. The van der Waals surface area contributed by atoms with Gasteiger partial charge in [-0.25, -0.2) is 4.68 Å². The Labute approximate surface area is 192 Å². The summed E-state index contributed by atoms with van der Waals surface area (Å²) < 4.78 is 9.73. The van der Waals surface area contributed by atoms with Gasteiger partial charge in [0, 0.05) is 24.4 Å². The van der Waals surface area contributed by atoms with Crippen molar-refractivity contribution in [3.8, 4) is 0 Å². The molecule has 31 heavy (non-hydrogen) atoms. The maximum absolute atomic E-state index is 5.76. The summed E-state index contributed by atoms with van der Waals surface area (Å²) in [6.45, 7) is 5.97. The number of benzene rings is 2. The van der Waals surface area contributed by atoms with Gasteiger partial charge in [-0.15, -0.1) is 11.8 Å². The highest BCUT2D eigenvalue weighted by atomic mass is 32.2. The van der Waals surface area contributed by atoms with Gasteiger partial charge in [-0.2, -0.15) is 14.9 Å². The normalized spacial score (nSPS) is 15.0. The van der Waals surface area contributed by atoms with Crippen LogP contribution in [0.4, 0.5) is 0 Å². The van der Waals surface area contributed by atoms with Crippen molar-refractivity contribution in [3.05, 3.63) is 75.8 Å². The maximum Gasteiger partial charge on any atom is 0.220 e. The lowest BCUT2D eigenvalue weighted by atomic mass is 10.1. The zero-order valence-electron chi connectivity index (χ0n) is 17.9. The molecule has 0 N–H and O–H groups in total. The number of thioether (sulfide) groups is 1. The van der Waals surface area contributed by atoms with Gasteiger partial charge in [-0.3, -0.25) is 4.90 Å². The molecule has 4 rings (SSSR count). The predicted octanol–water partition coefficient (Wildman–Crippen LogP) is 4.21. The second-order valence-electron chi connectivity index (χ2n) is 7.56. The van der Waals surface area contributed by atoms with Crippen molar-refractivity contribution in [2.75, 3.05) is 32.6 Å². The average Bonchev–Trinajstić information content (AvgIpc) is 3.08. The fourth-order valence-corrected chi connectivity index (χ4v) is 4.06. The molecule has 0 aliphatic carbocycles. The van der Waals surface area contributed by atoms with Crippen molar-refractivity contribution in [1.29, 1.82) is 0 Å². The lowest BCUT2D eigenvalue weighted by Crippen LogP contribution is -2.37. The summed E-state index contributed by atoms with van der Waals surface area (Å²) in [5, 5.41) is 9.55. The molecule has 0 atom stereocenters. The highest BCUT2D eigenvalue weighted by Gasteiger charge is 2.16. The second-order valence-corrected chi connectivity index (χ2v) is 8.81. The Balaban J connectivity index is 1.63. The van der Waals surface area contributed by atoms with Crippen LogP contribution in [0.5, 0.6) is 0 Å². The molecule has 0 bridgehead atoms. The molecule has 3 aromatic rings. The fourth-order valence-electron chi connectivity index (χ4n) is 3.40. The van der Waals surface area contributed by atoms with E-state index < -0.39 is 0 Å². The van der Waals surface area contributed by atoms with Gasteiger partial charge in [-0.05, 0) is 48.7 Å². The molecule has 162 valence electrons. The third-order valence-corrected chi connectivity index (χ3v) is 6.37. The summed E-state index contributed by atoms with van der Waals surface area (Å²) in [5.41, 5.74) is 3.44. The fraction of sp³-hybridized carbons (Fsp3) is 0.348. The number of morpholine rings is 1. The molecule has 0 amide bonds. The molecule has 8 heteroatoms. The standard InChI is InChI=1S/C23H27N5OS2/c1-18-3-5-20(6-4-18)16-24-28-22(15-19-7-9-21(31-2)10-8-19)25-27(23(28)30)17-26-11-13-29-14-12-26/h3-10,16H,11-15,17H2,1-2H3/b24-16+. The van der Waals surface area contributed by atoms with E-state index in [2.05, 4.69) is 66.6 Å². The van der Waals surface area contributed by atoms with Crippen molar-refractivity contribution in [1.82, 2.24) is 19.4 Å².